The maximum absolute atomic E-state index is 13.9. The molecule has 1 atom stereocenters. The standard InChI is InChI=1S/C17H20FN5OS/c1-11-19-17-23(20-11)16(24)15(25-17)14(12-4-3-5-13(18)10-12)22-8-6-21(2)7-9-22/h3-5,10,14,24H,6-9H2,1-2H3/t14-/m1/s1. The summed E-state index contributed by atoms with van der Waals surface area (Å²) in [5.74, 6) is 0.440. The van der Waals surface area contributed by atoms with Crippen LogP contribution in [-0.4, -0.2) is 62.7 Å². The van der Waals surface area contributed by atoms with E-state index in [0.29, 0.717) is 10.8 Å². The molecule has 3 heterocycles. The fraction of sp³-hybridized carbons (Fsp3) is 0.412. The summed E-state index contributed by atoms with van der Waals surface area (Å²) in [6.45, 7) is 5.37. The second kappa shape index (κ2) is 6.36. The number of fused-ring (bicyclic) bond motifs is 1. The number of halogens is 1. The summed E-state index contributed by atoms with van der Waals surface area (Å²) in [4.78, 5) is 10.3. The van der Waals surface area contributed by atoms with Gasteiger partial charge in [-0.25, -0.2) is 9.37 Å². The van der Waals surface area contributed by atoms with Crippen molar-refractivity contribution in [2.45, 2.75) is 13.0 Å². The van der Waals surface area contributed by atoms with Crippen molar-refractivity contribution in [3.05, 3.63) is 46.3 Å². The zero-order chi connectivity index (χ0) is 17.6. The number of thiazole rings is 1. The van der Waals surface area contributed by atoms with Gasteiger partial charge in [0.25, 0.3) is 0 Å². The van der Waals surface area contributed by atoms with E-state index < -0.39 is 0 Å². The Morgan fingerprint density at radius 3 is 2.68 bits per heavy atom. The molecule has 1 fully saturated rings. The highest BCUT2D eigenvalue weighted by Gasteiger charge is 2.31. The third-order valence-corrected chi connectivity index (χ3v) is 5.69. The summed E-state index contributed by atoms with van der Waals surface area (Å²) in [5, 5.41) is 15.0. The normalized spacial score (nSPS) is 18.0. The van der Waals surface area contributed by atoms with Gasteiger partial charge in [-0.2, -0.15) is 4.52 Å². The molecular formula is C17H20FN5OS. The van der Waals surface area contributed by atoms with E-state index in [2.05, 4.69) is 26.9 Å². The van der Waals surface area contributed by atoms with Crippen LogP contribution in [-0.2, 0) is 0 Å². The average Bonchev–Trinajstić information content (AvgIpc) is 3.08. The molecular weight excluding hydrogens is 341 g/mol. The first-order chi connectivity index (χ1) is 12.0. The highest BCUT2D eigenvalue weighted by atomic mass is 32.1. The van der Waals surface area contributed by atoms with E-state index in [1.807, 2.05) is 6.07 Å². The van der Waals surface area contributed by atoms with E-state index in [-0.39, 0.29) is 17.7 Å². The molecule has 1 saturated heterocycles. The van der Waals surface area contributed by atoms with E-state index in [4.69, 9.17) is 0 Å². The summed E-state index contributed by atoms with van der Waals surface area (Å²) in [5.41, 5.74) is 0.834. The molecule has 1 aliphatic rings. The van der Waals surface area contributed by atoms with Crippen molar-refractivity contribution in [3.8, 4) is 5.88 Å². The van der Waals surface area contributed by atoms with Gasteiger partial charge in [-0.15, -0.1) is 5.10 Å². The van der Waals surface area contributed by atoms with E-state index in [9.17, 15) is 9.50 Å². The molecule has 6 nitrogen and oxygen atoms in total. The lowest BCUT2D eigenvalue weighted by molar-refractivity contribution is 0.127. The quantitative estimate of drug-likeness (QED) is 0.776. The van der Waals surface area contributed by atoms with Crippen molar-refractivity contribution in [3.63, 3.8) is 0 Å². The zero-order valence-electron chi connectivity index (χ0n) is 14.2. The number of nitrogens with zero attached hydrogens (tertiary/aromatic N) is 5. The van der Waals surface area contributed by atoms with Crippen LogP contribution >= 0.6 is 11.3 Å². The molecule has 0 spiro atoms. The number of hydrogen-bond donors (Lipinski definition) is 1. The van der Waals surface area contributed by atoms with Crippen molar-refractivity contribution < 1.29 is 9.50 Å². The minimum absolute atomic E-state index is 0.0915. The van der Waals surface area contributed by atoms with Crippen LogP contribution in [0.1, 0.15) is 22.3 Å². The monoisotopic (exact) mass is 361 g/mol. The Balaban J connectivity index is 1.81. The Morgan fingerprint density at radius 2 is 2.00 bits per heavy atom. The highest BCUT2D eigenvalue weighted by molar-refractivity contribution is 7.17. The van der Waals surface area contributed by atoms with Gasteiger partial charge in [0.05, 0.1) is 10.9 Å². The van der Waals surface area contributed by atoms with E-state index in [0.717, 1.165) is 36.6 Å². The first kappa shape index (κ1) is 16.4. The van der Waals surface area contributed by atoms with Crippen LogP contribution in [0.25, 0.3) is 4.96 Å². The maximum atomic E-state index is 13.9. The van der Waals surface area contributed by atoms with E-state index in [1.165, 1.54) is 21.9 Å². The Labute approximate surface area is 149 Å². The van der Waals surface area contributed by atoms with Crippen LogP contribution < -0.4 is 0 Å². The number of benzene rings is 1. The van der Waals surface area contributed by atoms with Gasteiger partial charge >= 0.3 is 0 Å². The number of rotatable bonds is 3. The lowest BCUT2D eigenvalue weighted by Gasteiger charge is -2.37. The summed E-state index contributed by atoms with van der Waals surface area (Å²) >= 11 is 1.41. The summed E-state index contributed by atoms with van der Waals surface area (Å²) in [7, 11) is 2.10. The van der Waals surface area contributed by atoms with Gasteiger partial charge in [0.2, 0.25) is 10.8 Å². The van der Waals surface area contributed by atoms with Gasteiger partial charge in [0.15, 0.2) is 0 Å². The van der Waals surface area contributed by atoms with Crippen LogP contribution in [0.2, 0.25) is 0 Å². The third-order valence-electron chi connectivity index (χ3n) is 4.62. The van der Waals surface area contributed by atoms with Crippen LogP contribution in [0.4, 0.5) is 4.39 Å². The van der Waals surface area contributed by atoms with Crippen LogP contribution in [0.3, 0.4) is 0 Å². The summed E-state index contributed by atoms with van der Waals surface area (Å²) < 4.78 is 15.3. The highest BCUT2D eigenvalue weighted by Crippen LogP contribution is 2.40. The number of hydrogen-bond acceptors (Lipinski definition) is 6. The molecule has 132 valence electrons. The minimum Gasteiger partial charge on any atom is -0.492 e. The van der Waals surface area contributed by atoms with Gasteiger partial charge in [-0.05, 0) is 31.7 Å². The number of piperazine rings is 1. The number of aryl methyl sites for hydroxylation is 1. The lowest BCUT2D eigenvalue weighted by atomic mass is 10.0. The molecule has 3 aromatic rings. The first-order valence-electron chi connectivity index (χ1n) is 8.26. The molecule has 1 aromatic carbocycles. The molecule has 0 bridgehead atoms. The average molecular weight is 361 g/mol. The molecule has 0 aliphatic carbocycles. The molecule has 25 heavy (non-hydrogen) atoms. The molecule has 0 saturated carbocycles. The topological polar surface area (TPSA) is 56.9 Å². The van der Waals surface area contributed by atoms with E-state index in [1.54, 1.807) is 19.1 Å². The zero-order valence-corrected chi connectivity index (χ0v) is 15.0. The summed E-state index contributed by atoms with van der Waals surface area (Å²) in [6, 6.07) is 6.40. The second-order valence-corrected chi connectivity index (χ2v) is 7.45. The predicted octanol–water partition coefficient (Wildman–Crippen LogP) is 2.28. The summed E-state index contributed by atoms with van der Waals surface area (Å²) in [6.07, 6.45) is 0. The van der Waals surface area contributed by atoms with Crippen molar-refractivity contribution in [1.82, 2.24) is 24.4 Å². The molecule has 0 radical (unpaired) electrons. The molecule has 2 aromatic heterocycles. The maximum Gasteiger partial charge on any atom is 0.230 e. The Kier molecular flexibility index (Phi) is 4.18. The minimum atomic E-state index is -0.272. The fourth-order valence-corrected chi connectivity index (χ4v) is 4.47. The lowest BCUT2D eigenvalue weighted by Crippen LogP contribution is -2.46. The van der Waals surface area contributed by atoms with E-state index >= 15 is 0 Å². The van der Waals surface area contributed by atoms with Crippen molar-refractivity contribution in [2.75, 3.05) is 33.2 Å². The first-order valence-corrected chi connectivity index (χ1v) is 9.07. The number of aromatic nitrogens is 3. The third kappa shape index (κ3) is 3.01. The van der Waals surface area contributed by atoms with Gasteiger partial charge in [-0.1, -0.05) is 23.5 Å². The SMILES string of the molecule is Cc1nc2sc([C@@H](c3cccc(F)c3)N3CCN(C)CC3)c(O)n2n1. The van der Waals surface area contributed by atoms with Crippen LogP contribution in [0.15, 0.2) is 24.3 Å². The van der Waals surface area contributed by atoms with Crippen molar-refractivity contribution >= 4 is 16.3 Å². The Morgan fingerprint density at radius 1 is 1.24 bits per heavy atom. The number of likely N-dealkylation sites (N-methyl/N-ethyl adjacent to an activating group) is 1. The van der Waals surface area contributed by atoms with Gasteiger partial charge in [-0.3, -0.25) is 4.90 Å². The van der Waals surface area contributed by atoms with Crippen molar-refractivity contribution in [1.29, 1.82) is 0 Å². The Bertz CT molecular complexity index is 900. The van der Waals surface area contributed by atoms with Crippen molar-refractivity contribution in [2.24, 2.45) is 0 Å². The van der Waals surface area contributed by atoms with Gasteiger partial charge < -0.3 is 10.0 Å². The van der Waals surface area contributed by atoms with Crippen LogP contribution in [0, 0.1) is 12.7 Å². The smallest absolute Gasteiger partial charge is 0.230 e. The van der Waals surface area contributed by atoms with Crippen LogP contribution in [0.5, 0.6) is 5.88 Å². The molecule has 1 N–H and O–H groups in total. The number of aromatic hydroxyl groups is 1. The molecule has 8 heteroatoms. The molecule has 4 rings (SSSR count). The molecule has 1 aliphatic heterocycles. The predicted molar refractivity (Wildman–Crippen MR) is 94.6 cm³/mol. The molecule has 0 amide bonds. The Hall–Kier alpha value is -2.03. The van der Waals surface area contributed by atoms with Gasteiger partial charge in [0.1, 0.15) is 11.6 Å². The fourth-order valence-electron chi connectivity index (χ4n) is 3.31. The van der Waals surface area contributed by atoms with Gasteiger partial charge in [0, 0.05) is 26.2 Å². The largest absolute Gasteiger partial charge is 0.492 e. The second-order valence-electron chi connectivity index (χ2n) is 6.44. The molecule has 0 unspecified atom stereocenters.